The minimum absolute atomic E-state index is 0. The predicted molar refractivity (Wildman–Crippen MR) is 79.9 cm³/mol. The molecule has 0 saturated carbocycles. The molecule has 1 aliphatic rings. The van der Waals surface area contributed by atoms with Gasteiger partial charge in [-0.15, -0.1) is 12.4 Å². The average Bonchev–Trinajstić information content (AvgIpc) is 2.38. The lowest BCUT2D eigenvalue weighted by molar-refractivity contribution is 0.0993. The summed E-state index contributed by atoms with van der Waals surface area (Å²) >= 11 is 0. The van der Waals surface area contributed by atoms with E-state index in [-0.39, 0.29) is 18.5 Å². The first-order valence-electron chi connectivity index (χ1n) is 6.41. The van der Waals surface area contributed by atoms with Gasteiger partial charge >= 0.3 is 0 Å². The molecular weight excluding hydrogens is 258 g/mol. The number of nitrogens with one attached hydrogen (secondary N) is 1. The molecule has 19 heavy (non-hydrogen) atoms. The van der Waals surface area contributed by atoms with E-state index in [2.05, 4.69) is 29.6 Å². The molecule has 3 heteroatoms. The van der Waals surface area contributed by atoms with E-state index >= 15 is 0 Å². The summed E-state index contributed by atoms with van der Waals surface area (Å²) in [5.41, 5.74) is 1.26. The Labute approximate surface area is 120 Å². The van der Waals surface area contributed by atoms with E-state index in [0.717, 1.165) is 18.8 Å². The third-order valence-corrected chi connectivity index (χ3v) is 3.38. The van der Waals surface area contributed by atoms with Gasteiger partial charge < -0.3 is 10.1 Å². The van der Waals surface area contributed by atoms with Crippen molar-refractivity contribution in [2.75, 3.05) is 13.1 Å². The molecule has 0 aromatic heterocycles. The highest BCUT2D eigenvalue weighted by Gasteiger charge is 2.29. The molecule has 2 aromatic carbocycles. The van der Waals surface area contributed by atoms with Crippen molar-refractivity contribution in [1.82, 2.24) is 5.32 Å². The maximum atomic E-state index is 6.16. The number of hydrogen-bond donors (Lipinski definition) is 1. The van der Waals surface area contributed by atoms with E-state index in [4.69, 9.17) is 4.74 Å². The monoisotopic (exact) mass is 275 g/mol. The Bertz CT molecular complexity index is 485. The summed E-state index contributed by atoms with van der Waals surface area (Å²) in [4.78, 5) is 0. The van der Waals surface area contributed by atoms with Gasteiger partial charge in [-0.1, -0.05) is 48.5 Å². The number of halogens is 1. The maximum absolute atomic E-state index is 6.16. The molecule has 1 aliphatic heterocycles. The van der Waals surface area contributed by atoms with Crippen LogP contribution in [0.1, 0.15) is 11.7 Å². The molecular formula is C16H18ClNO. The van der Waals surface area contributed by atoms with Crippen molar-refractivity contribution >= 4 is 12.4 Å². The van der Waals surface area contributed by atoms with Gasteiger partial charge in [0.25, 0.3) is 0 Å². The largest absolute Gasteiger partial charge is 0.485 e. The highest BCUT2D eigenvalue weighted by molar-refractivity contribution is 5.85. The van der Waals surface area contributed by atoms with Crippen LogP contribution in [0.4, 0.5) is 0 Å². The van der Waals surface area contributed by atoms with Gasteiger partial charge in [0.05, 0.1) is 0 Å². The second kappa shape index (κ2) is 6.60. The molecule has 0 amide bonds. The van der Waals surface area contributed by atoms with E-state index in [9.17, 15) is 0 Å². The van der Waals surface area contributed by atoms with Crippen LogP contribution >= 0.6 is 12.4 Å². The number of para-hydroxylation sites is 1. The molecule has 1 atom stereocenters. The molecule has 3 rings (SSSR count). The lowest BCUT2D eigenvalue weighted by Gasteiger charge is -2.35. The Balaban J connectivity index is 0.00000133. The molecule has 1 heterocycles. The smallest absolute Gasteiger partial charge is 0.129 e. The van der Waals surface area contributed by atoms with Crippen LogP contribution in [0.25, 0.3) is 0 Å². The fourth-order valence-electron chi connectivity index (χ4n) is 2.25. The van der Waals surface area contributed by atoms with Gasteiger partial charge in [0.15, 0.2) is 0 Å². The average molecular weight is 276 g/mol. The van der Waals surface area contributed by atoms with Gasteiger partial charge in [-0.05, 0) is 17.7 Å². The highest BCUT2D eigenvalue weighted by Crippen LogP contribution is 2.30. The number of hydrogen-bond acceptors (Lipinski definition) is 2. The van der Waals surface area contributed by atoms with Gasteiger partial charge in [-0.2, -0.15) is 0 Å². The molecule has 2 nitrogen and oxygen atoms in total. The lowest BCUT2D eigenvalue weighted by Crippen LogP contribution is -2.46. The van der Waals surface area contributed by atoms with Gasteiger partial charge in [0, 0.05) is 19.0 Å². The van der Waals surface area contributed by atoms with Crippen LogP contribution in [0, 0.1) is 5.92 Å². The minimum Gasteiger partial charge on any atom is -0.485 e. The van der Waals surface area contributed by atoms with Crippen LogP contribution in [0.3, 0.4) is 0 Å². The predicted octanol–water partition coefficient (Wildman–Crippen LogP) is 3.45. The maximum Gasteiger partial charge on any atom is 0.129 e. The van der Waals surface area contributed by atoms with E-state index < -0.39 is 0 Å². The van der Waals surface area contributed by atoms with Crippen molar-refractivity contribution in [3.05, 3.63) is 66.2 Å². The minimum atomic E-state index is 0. The van der Waals surface area contributed by atoms with Crippen LogP contribution in [0.2, 0.25) is 0 Å². The van der Waals surface area contributed by atoms with E-state index in [1.807, 2.05) is 36.4 Å². The first-order valence-corrected chi connectivity index (χ1v) is 6.41. The third-order valence-electron chi connectivity index (χ3n) is 3.38. The van der Waals surface area contributed by atoms with Crippen molar-refractivity contribution in [3.63, 3.8) is 0 Å². The fraction of sp³-hybridized carbons (Fsp3) is 0.250. The number of ether oxygens (including phenoxy) is 1. The second-order valence-corrected chi connectivity index (χ2v) is 4.68. The normalized spacial score (nSPS) is 16.0. The van der Waals surface area contributed by atoms with Gasteiger partial charge in [0.1, 0.15) is 11.9 Å². The van der Waals surface area contributed by atoms with Crippen LogP contribution in [0.5, 0.6) is 5.75 Å². The van der Waals surface area contributed by atoms with E-state index in [1.54, 1.807) is 0 Å². The topological polar surface area (TPSA) is 21.3 Å². The summed E-state index contributed by atoms with van der Waals surface area (Å²) in [6, 6.07) is 20.5. The second-order valence-electron chi connectivity index (χ2n) is 4.68. The lowest BCUT2D eigenvalue weighted by atomic mass is 9.91. The van der Waals surface area contributed by atoms with Crippen molar-refractivity contribution in [2.24, 2.45) is 5.92 Å². The van der Waals surface area contributed by atoms with Crippen molar-refractivity contribution in [1.29, 1.82) is 0 Å². The molecule has 0 unspecified atom stereocenters. The molecule has 2 aromatic rings. The summed E-state index contributed by atoms with van der Waals surface area (Å²) in [6.07, 6.45) is 0.148. The summed E-state index contributed by atoms with van der Waals surface area (Å²) < 4.78 is 6.16. The molecule has 1 N–H and O–H groups in total. The number of benzene rings is 2. The molecule has 100 valence electrons. The third kappa shape index (κ3) is 3.28. The van der Waals surface area contributed by atoms with Crippen LogP contribution in [-0.2, 0) is 0 Å². The van der Waals surface area contributed by atoms with Crippen LogP contribution < -0.4 is 10.1 Å². The van der Waals surface area contributed by atoms with Gasteiger partial charge in [-0.3, -0.25) is 0 Å². The fourth-order valence-corrected chi connectivity index (χ4v) is 2.25. The summed E-state index contributed by atoms with van der Waals surface area (Å²) in [5.74, 6) is 1.51. The quantitative estimate of drug-likeness (QED) is 0.923. The zero-order chi connectivity index (χ0) is 12.2. The zero-order valence-corrected chi connectivity index (χ0v) is 11.5. The summed E-state index contributed by atoms with van der Waals surface area (Å²) in [5, 5.41) is 3.32. The molecule has 1 saturated heterocycles. The first kappa shape index (κ1) is 13.9. The van der Waals surface area contributed by atoms with Crippen molar-refractivity contribution in [2.45, 2.75) is 6.10 Å². The van der Waals surface area contributed by atoms with Gasteiger partial charge in [0.2, 0.25) is 0 Å². The van der Waals surface area contributed by atoms with Crippen molar-refractivity contribution < 1.29 is 4.74 Å². The SMILES string of the molecule is Cl.c1ccc(O[C@@H](c2ccccc2)C2CNC2)cc1. The van der Waals surface area contributed by atoms with E-state index in [1.165, 1.54) is 5.56 Å². The standard InChI is InChI=1S/C16H17NO.ClH/c1-3-7-13(8-4-1)16(14-11-17-12-14)18-15-9-5-2-6-10-15;/h1-10,14,16-17H,11-12H2;1H/t16-;/m0./s1. The molecule has 0 aliphatic carbocycles. The van der Waals surface area contributed by atoms with Gasteiger partial charge in [-0.25, -0.2) is 0 Å². The Morgan fingerprint density at radius 2 is 1.47 bits per heavy atom. The first-order chi connectivity index (χ1) is 8.93. The zero-order valence-electron chi connectivity index (χ0n) is 10.7. The highest BCUT2D eigenvalue weighted by atomic mass is 35.5. The summed E-state index contributed by atoms with van der Waals surface area (Å²) in [6.45, 7) is 2.07. The van der Waals surface area contributed by atoms with Crippen LogP contribution in [0.15, 0.2) is 60.7 Å². The molecule has 0 radical (unpaired) electrons. The Hall–Kier alpha value is -1.51. The molecule has 0 bridgehead atoms. The van der Waals surface area contributed by atoms with Crippen LogP contribution in [-0.4, -0.2) is 13.1 Å². The Morgan fingerprint density at radius 3 is 2.00 bits per heavy atom. The Morgan fingerprint density at radius 1 is 0.895 bits per heavy atom. The van der Waals surface area contributed by atoms with Crippen molar-refractivity contribution in [3.8, 4) is 5.75 Å². The summed E-state index contributed by atoms with van der Waals surface area (Å²) in [7, 11) is 0. The molecule has 1 fully saturated rings. The Kier molecular flexibility index (Phi) is 4.83. The van der Waals surface area contributed by atoms with E-state index in [0.29, 0.717) is 5.92 Å². The number of rotatable bonds is 4. The molecule has 0 spiro atoms.